The number of thiazole rings is 1. The SMILES string of the molecule is COc1ccc(-c2csc(=S)n2-c2ccc(Cl)c(Cl)c2)cc1. The number of rotatable bonds is 3. The molecule has 1 heterocycles. The summed E-state index contributed by atoms with van der Waals surface area (Å²) < 4.78 is 7.94. The molecule has 1 aromatic heterocycles. The third-order valence-electron chi connectivity index (χ3n) is 3.24. The second-order valence-corrected chi connectivity index (χ2v) is 6.87. The molecule has 0 aliphatic rings. The van der Waals surface area contributed by atoms with Crippen LogP contribution < -0.4 is 4.74 Å². The third-order valence-corrected chi connectivity index (χ3v) is 5.18. The van der Waals surface area contributed by atoms with Crippen molar-refractivity contribution >= 4 is 46.8 Å². The van der Waals surface area contributed by atoms with Crippen molar-refractivity contribution in [2.75, 3.05) is 7.11 Å². The molecule has 3 rings (SSSR count). The van der Waals surface area contributed by atoms with Gasteiger partial charge in [0.25, 0.3) is 0 Å². The third kappa shape index (κ3) is 2.92. The molecule has 0 atom stereocenters. The first-order valence-electron chi connectivity index (χ1n) is 6.40. The Morgan fingerprint density at radius 3 is 2.41 bits per heavy atom. The van der Waals surface area contributed by atoms with Crippen LogP contribution in [0.1, 0.15) is 0 Å². The number of halogens is 2. The molecule has 112 valence electrons. The van der Waals surface area contributed by atoms with Crippen LogP contribution in [0.3, 0.4) is 0 Å². The lowest BCUT2D eigenvalue weighted by Crippen LogP contribution is -1.96. The maximum Gasteiger partial charge on any atom is 0.166 e. The normalized spacial score (nSPS) is 10.7. The van der Waals surface area contributed by atoms with Gasteiger partial charge in [-0.3, -0.25) is 4.57 Å². The molecule has 3 aromatic rings. The molecule has 0 spiro atoms. The van der Waals surface area contributed by atoms with Gasteiger partial charge in [-0.15, -0.1) is 11.3 Å². The van der Waals surface area contributed by atoms with Crippen molar-refractivity contribution < 1.29 is 4.74 Å². The van der Waals surface area contributed by atoms with Crippen molar-refractivity contribution in [3.8, 4) is 22.7 Å². The number of benzene rings is 2. The molecule has 2 aromatic carbocycles. The summed E-state index contributed by atoms with van der Waals surface area (Å²) in [6.07, 6.45) is 0. The first-order valence-corrected chi connectivity index (χ1v) is 8.45. The zero-order chi connectivity index (χ0) is 15.7. The smallest absolute Gasteiger partial charge is 0.166 e. The minimum Gasteiger partial charge on any atom is -0.497 e. The van der Waals surface area contributed by atoms with Crippen LogP contribution in [0.5, 0.6) is 5.75 Å². The molecular formula is C16H11Cl2NOS2. The summed E-state index contributed by atoms with van der Waals surface area (Å²) in [6, 6.07) is 13.4. The molecule has 0 saturated carbocycles. The summed E-state index contributed by atoms with van der Waals surface area (Å²) in [5.74, 6) is 0.818. The molecule has 0 amide bonds. The molecule has 2 nitrogen and oxygen atoms in total. The fraction of sp³-hybridized carbons (Fsp3) is 0.0625. The lowest BCUT2D eigenvalue weighted by Gasteiger charge is -2.10. The van der Waals surface area contributed by atoms with Crippen LogP contribution in [0.15, 0.2) is 47.8 Å². The first kappa shape index (κ1) is 15.6. The van der Waals surface area contributed by atoms with Crippen molar-refractivity contribution in [3.63, 3.8) is 0 Å². The topological polar surface area (TPSA) is 14.2 Å². The molecule has 0 radical (unpaired) electrons. The Morgan fingerprint density at radius 2 is 1.77 bits per heavy atom. The molecule has 0 saturated heterocycles. The van der Waals surface area contributed by atoms with Gasteiger partial charge in [0.2, 0.25) is 0 Å². The van der Waals surface area contributed by atoms with E-state index in [0.29, 0.717) is 10.0 Å². The lowest BCUT2D eigenvalue weighted by molar-refractivity contribution is 0.415. The van der Waals surface area contributed by atoms with Gasteiger partial charge in [0, 0.05) is 11.1 Å². The van der Waals surface area contributed by atoms with Gasteiger partial charge >= 0.3 is 0 Å². The average molecular weight is 368 g/mol. The Bertz CT molecular complexity index is 869. The number of aromatic nitrogens is 1. The second-order valence-electron chi connectivity index (χ2n) is 4.55. The van der Waals surface area contributed by atoms with Crippen LogP contribution in [0, 0.1) is 3.95 Å². The van der Waals surface area contributed by atoms with Crippen molar-refractivity contribution in [2.24, 2.45) is 0 Å². The van der Waals surface area contributed by atoms with E-state index in [-0.39, 0.29) is 0 Å². The predicted octanol–water partition coefficient (Wildman–Crippen LogP) is 6.25. The van der Waals surface area contributed by atoms with Gasteiger partial charge in [-0.25, -0.2) is 0 Å². The van der Waals surface area contributed by atoms with E-state index in [0.717, 1.165) is 26.6 Å². The molecule has 6 heteroatoms. The Kier molecular flexibility index (Phi) is 4.54. The van der Waals surface area contributed by atoms with Gasteiger partial charge in [-0.05, 0) is 60.2 Å². The summed E-state index contributed by atoms with van der Waals surface area (Å²) in [5.41, 5.74) is 2.96. The Morgan fingerprint density at radius 1 is 1.05 bits per heavy atom. The maximum absolute atomic E-state index is 6.13. The van der Waals surface area contributed by atoms with E-state index in [9.17, 15) is 0 Å². The van der Waals surface area contributed by atoms with Gasteiger partial charge in [0.05, 0.1) is 22.8 Å². The van der Waals surface area contributed by atoms with Gasteiger partial charge in [0.15, 0.2) is 3.95 Å². The van der Waals surface area contributed by atoms with E-state index in [1.54, 1.807) is 13.2 Å². The maximum atomic E-state index is 6.13. The van der Waals surface area contributed by atoms with E-state index in [4.69, 9.17) is 40.2 Å². The van der Waals surface area contributed by atoms with Crippen LogP contribution in [-0.2, 0) is 0 Å². The molecule has 22 heavy (non-hydrogen) atoms. The molecule has 0 fully saturated rings. The number of hydrogen-bond acceptors (Lipinski definition) is 3. The highest BCUT2D eigenvalue weighted by molar-refractivity contribution is 7.73. The highest BCUT2D eigenvalue weighted by Crippen LogP contribution is 2.31. The highest BCUT2D eigenvalue weighted by atomic mass is 35.5. The summed E-state index contributed by atoms with van der Waals surface area (Å²) in [5, 5.41) is 3.07. The van der Waals surface area contributed by atoms with Crippen molar-refractivity contribution in [1.29, 1.82) is 0 Å². The minimum absolute atomic E-state index is 0.507. The number of hydrogen-bond donors (Lipinski definition) is 0. The molecule has 0 aliphatic heterocycles. The highest BCUT2D eigenvalue weighted by Gasteiger charge is 2.10. The molecule has 0 aliphatic carbocycles. The standard InChI is InChI=1S/C16H11Cl2NOS2/c1-20-12-5-2-10(3-6-12)15-9-22-16(21)19(15)11-4-7-13(17)14(18)8-11/h2-9H,1H3. The van der Waals surface area contributed by atoms with Crippen molar-refractivity contribution in [2.45, 2.75) is 0 Å². The molecule has 0 N–H and O–H groups in total. The predicted molar refractivity (Wildman–Crippen MR) is 96.5 cm³/mol. The van der Waals surface area contributed by atoms with E-state index >= 15 is 0 Å². The lowest BCUT2D eigenvalue weighted by atomic mass is 10.1. The van der Waals surface area contributed by atoms with E-state index < -0.39 is 0 Å². The zero-order valence-corrected chi connectivity index (χ0v) is 14.7. The zero-order valence-electron chi connectivity index (χ0n) is 11.5. The average Bonchev–Trinajstić information content (AvgIpc) is 2.92. The number of nitrogens with zero attached hydrogens (tertiary/aromatic N) is 1. The van der Waals surface area contributed by atoms with Crippen LogP contribution in [0.4, 0.5) is 0 Å². The van der Waals surface area contributed by atoms with Crippen molar-refractivity contribution in [1.82, 2.24) is 4.57 Å². The Balaban J connectivity index is 2.14. The van der Waals surface area contributed by atoms with Crippen molar-refractivity contribution in [3.05, 3.63) is 61.8 Å². The van der Waals surface area contributed by atoms with Gasteiger partial charge in [-0.2, -0.15) is 0 Å². The minimum atomic E-state index is 0.507. The Labute approximate surface area is 147 Å². The summed E-state index contributed by atoms with van der Waals surface area (Å²) in [4.78, 5) is 0. The summed E-state index contributed by atoms with van der Waals surface area (Å²) >= 11 is 19.1. The largest absolute Gasteiger partial charge is 0.497 e. The van der Waals surface area contributed by atoms with Gasteiger partial charge in [0.1, 0.15) is 5.75 Å². The summed E-state index contributed by atoms with van der Waals surface area (Å²) in [6.45, 7) is 0. The first-order chi connectivity index (χ1) is 10.6. The van der Waals surface area contributed by atoms with E-state index in [1.807, 2.05) is 46.3 Å². The van der Waals surface area contributed by atoms with E-state index in [1.165, 1.54) is 11.3 Å². The Hall–Kier alpha value is -1.33. The number of ether oxygens (including phenoxy) is 1. The van der Waals surface area contributed by atoms with Crippen LogP contribution in [0.2, 0.25) is 10.0 Å². The molecule has 0 bridgehead atoms. The quantitative estimate of drug-likeness (QED) is 0.507. The van der Waals surface area contributed by atoms with E-state index in [2.05, 4.69) is 0 Å². The van der Waals surface area contributed by atoms with Crippen LogP contribution in [0.25, 0.3) is 16.9 Å². The fourth-order valence-corrected chi connectivity index (χ4v) is 3.54. The van der Waals surface area contributed by atoms with Gasteiger partial charge in [-0.1, -0.05) is 23.2 Å². The fourth-order valence-electron chi connectivity index (χ4n) is 2.14. The monoisotopic (exact) mass is 367 g/mol. The van der Waals surface area contributed by atoms with Gasteiger partial charge < -0.3 is 4.74 Å². The van der Waals surface area contributed by atoms with Crippen LogP contribution >= 0.6 is 46.8 Å². The number of methoxy groups -OCH3 is 1. The summed E-state index contributed by atoms with van der Waals surface area (Å²) in [7, 11) is 1.65. The molecule has 0 unspecified atom stereocenters. The molecular weight excluding hydrogens is 357 g/mol. The van der Waals surface area contributed by atoms with Crippen LogP contribution in [-0.4, -0.2) is 11.7 Å². The second kappa shape index (κ2) is 6.42.